The summed E-state index contributed by atoms with van der Waals surface area (Å²) in [5.41, 5.74) is 4.24. The van der Waals surface area contributed by atoms with Crippen molar-refractivity contribution < 1.29 is 9.47 Å². The molecule has 12 heteroatoms. The number of nitrogens with one attached hydrogen (secondary N) is 3. The van der Waals surface area contributed by atoms with Crippen molar-refractivity contribution in [2.45, 2.75) is 18.9 Å². The molecule has 1 aromatic carbocycles. The van der Waals surface area contributed by atoms with Crippen LogP contribution in [0, 0.1) is 0 Å². The number of anilines is 4. The van der Waals surface area contributed by atoms with Crippen molar-refractivity contribution in [2.24, 2.45) is 7.05 Å². The van der Waals surface area contributed by atoms with E-state index in [9.17, 15) is 0 Å². The van der Waals surface area contributed by atoms with E-state index >= 15 is 0 Å². The molecule has 0 unspecified atom stereocenters. The Bertz CT molecular complexity index is 1400. The second-order valence-electron chi connectivity index (χ2n) is 9.93. The highest BCUT2D eigenvalue weighted by molar-refractivity contribution is 5.99. The molecule has 12 nitrogen and oxygen atoms in total. The highest BCUT2D eigenvalue weighted by atomic mass is 16.5. The minimum absolute atomic E-state index is 0.316. The highest BCUT2D eigenvalue weighted by Gasteiger charge is 2.23. The van der Waals surface area contributed by atoms with Crippen molar-refractivity contribution >= 4 is 34.2 Å². The zero-order valence-corrected chi connectivity index (χ0v) is 22.1. The number of methoxy groups -OCH3 is 1. The van der Waals surface area contributed by atoms with E-state index in [1.54, 1.807) is 11.8 Å². The Labute approximate surface area is 221 Å². The average molecular weight is 519 g/mol. The maximum absolute atomic E-state index is 5.74. The van der Waals surface area contributed by atoms with Crippen LogP contribution in [-0.4, -0.2) is 94.4 Å². The van der Waals surface area contributed by atoms with Crippen LogP contribution in [0.2, 0.25) is 0 Å². The summed E-state index contributed by atoms with van der Waals surface area (Å²) in [4.78, 5) is 14.4. The molecular formula is C26H34N10O2. The summed E-state index contributed by atoms with van der Waals surface area (Å²) in [5, 5.41) is 20.0. The van der Waals surface area contributed by atoms with E-state index in [1.165, 1.54) is 0 Å². The minimum atomic E-state index is 0.316. The third-order valence-corrected chi connectivity index (χ3v) is 7.26. The van der Waals surface area contributed by atoms with Gasteiger partial charge in [-0.2, -0.15) is 20.2 Å². The van der Waals surface area contributed by atoms with Gasteiger partial charge in [0.25, 0.3) is 0 Å². The third kappa shape index (κ3) is 4.96. The van der Waals surface area contributed by atoms with Crippen LogP contribution >= 0.6 is 0 Å². The van der Waals surface area contributed by atoms with Gasteiger partial charge in [-0.25, -0.2) is 0 Å². The Morgan fingerprint density at radius 1 is 1.08 bits per heavy atom. The Kier molecular flexibility index (Phi) is 6.73. The van der Waals surface area contributed by atoms with Crippen LogP contribution in [0.25, 0.3) is 22.3 Å². The number of H-pyrrole nitrogens is 1. The summed E-state index contributed by atoms with van der Waals surface area (Å²) < 4.78 is 13.0. The van der Waals surface area contributed by atoms with Crippen molar-refractivity contribution in [2.75, 3.05) is 69.1 Å². The Balaban J connectivity index is 1.34. The zero-order valence-electron chi connectivity index (χ0n) is 22.1. The van der Waals surface area contributed by atoms with E-state index in [-0.39, 0.29) is 0 Å². The van der Waals surface area contributed by atoms with E-state index in [4.69, 9.17) is 19.4 Å². The molecule has 5 heterocycles. The second-order valence-corrected chi connectivity index (χ2v) is 9.93. The van der Waals surface area contributed by atoms with Gasteiger partial charge in [0, 0.05) is 49.7 Å². The molecule has 0 saturated carbocycles. The lowest BCUT2D eigenvalue weighted by Gasteiger charge is -2.30. The van der Waals surface area contributed by atoms with Crippen molar-refractivity contribution in [3.05, 3.63) is 30.6 Å². The predicted octanol–water partition coefficient (Wildman–Crippen LogP) is 2.85. The van der Waals surface area contributed by atoms with Gasteiger partial charge < -0.3 is 29.9 Å². The van der Waals surface area contributed by atoms with Crippen molar-refractivity contribution in [3.8, 4) is 17.0 Å². The first-order valence-electron chi connectivity index (χ1n) is 13.1. The van der Waals surface area contributed by atoms with Crippen LogP contribution < -0.4 is 20.3 Å². The molecule has 4 aromatic rings. The van der Waals surface area contributed by atoms with Gasteiger partial charge >= 0.3 is 0 Å². The molecule has 6 rings (SSSR count). The molecule has 3 N–H and O–H groups in total. The number of likely N-dealkylation sites (tertiary alicyclic amines) is 1. The number of aryl methyl sites for hydroxylation is 1. The van der Waals surface area contributed by atoms with Gasteiger partial charge in [0.1, 0.15) is 17.3 Å². The maximum Gasteiger partial charge on any atom is 0.231 e. The summed E-state index contributed by atoms with van der Waals surface area (Å²) in [5.74, 6) is 1.94. The molecule has 2 aliphatic heterocycles. The maximum atomic E-state index is 5.74. The SMILES string of the molecule is COc1cc(N2CCOCC2)ccc1Nc1nc(NC2CCN(C)CC2)c2c(-c3cnn(C)c3)n[nH]c2n1. The number of aromatic amines is 1. The summed E-state index contributed by atoms with van der Waals surface area (Å²) >= 11 is 0. The van der Waals surface area contributed by atoms with Gasteiger partial charge in [-0.3, -0.25) is 9.78 Å². The summed E-state index contributed by atoms with van der Waals surface area (Å²) in [6.45, 7) is 5.28. The van der Waals surface area contributed by atoms with Gasteiger partial charge in [-0.1, -0.05) is 0 Å². The molecule has 2 fully saturated rings. The Morgan fingerprint density at radius 3 is 2.63 bits per heavy atom. The number of fused-ring (bicyclic) bond motifs is 1. The molecular weight excluding hydrogens is 484 g/mol. The number of ether oxygens (including phenoxy) is 2. The number of nitrogens with zero attached hydrogens (tertiary/aromatic N) is 7. The van der Waals surface area contributed by atoms with Crippen LogP contribution in [0.3, 0.4) is 0 Å². The van der Waals surface area contributed by atoms with E-state index < -0.39 is 0 Å². The van der Waals surface area contributed by atoms with Crippen LogP contribution in [0.4, 0.5) is 23.1 Å². The van der Waals surface area contributed by atoms with E-state index in [0.717, 1.165) is 91.8 Å². The number of hydrogen-bond donors (Lipinski definition) is 3. The first-order chi connectivity index (χ1) is 18.6. The average Bonchev–Trinajstić information content (AvgIpc) is 3.57. The molecule has 200 valence electrons. The van der Waals surface area contributed by atoms with E-state index in [1.807, 2.05) is 31.6 Å². The minimum Gasteiger partial charge on any atom is -0.494 e. The fourth-order valence-electron chi connectivity index (χ4n) is 5.11. The van der Waals surface area contributed by atoms with Gasteiger partial charge in [-0.05, 0) is 45.1 Å². The number of piperidine rings is 1. The normalized spacial score (nSPS) is 17.2. The molecule has 0 amide bonds. The van der Waals surface area contributed by atoms with Gasteiger partial charge in [0.05, 0.1) is 37.6 Å². The highest BCUT2D eigenvalue weighted by Crippen LogP contribution is 2.35. The lowest BCUT2D eigenvalue weighted by atomic mass is 10.1. The third-order valence-electron chi connectivity index (χ3n) is 7.26. The molecule has 0 aliphatic carbocycles. The topological polar surface area (TPSA) is 121 Å². The molecule has 0 radical (unpaired) electrons. The van der Waals surface area contributed by atoms with E-state index in [0.29, 0.717) is 17.6 Å². The number of rotatable bonds is 7. The number of hydrogen-bond acceptors (Lipinski definition) is 10. The Morgan fingerprint density at radius 2 is 1.89 bits per heavy atom. The van der Waals surface area contributed by atoms with Crippen LogP contribution in [0.15, 0.2) is 30.6 Å². The van der Waals surface area contributed by atoms with Crippen LogP contribution in [0.1, 0.15) is 12.8 Å². The molecule has 38 heavy (non-hydrogen) atoms. The predicted molar refractivity (Wildman–Crippen MR) is 147 cm³/mol. The van der Waals surface area contributed by atoms with Crippen molar-refractivity contribution in [1.82, 2.24) is 34.8 Å². The van der Waals surface area contributed by atoms with Crippen LogP contribution in [-0.2, 0) is 11.8 Å². The van der Waals surface area contributed by atoms with Gasteiger partial charge in [0.2, 0.25) is 5.95 Å². The smallest absolute Gasteiger partial charge is 0.231 e. The summed E-state index contributed by atoms with van der Waals surface area (Å²) in [6, 6.07) is 6.45. The van der Waals surface area contributed by atoms with Gasteiger partial charge in [0.15, 0.2) is 5.65 Å². The molecule has 0 bridgehead atoms. The Hall–Kier alpha value is -3.90. The molecule has 2 aliphatic rings. The van der Waals surface area contributed by atoms with Crippen LogP contribution in [0.5, 0.6) is 5.75 Å². The van der Waals surface area contributed by atoms with Crippen molar-refractivity contribution in [3.63, 3.8) is 0 Å². The summed E-state index contributed by atoms with van der Waals surface area (Å²) in [7, 11) is 5.73. The second kappa shape index (κ2) is 10.5. The lowest BCUT2D eigenvalue weighted by Crippen LogP contribution is -2.37. The molecule has 2 saturated heterocycles. The standard InChI is InChI=1S/C26H34N10O2/c1-34-8-6-18(7-9-34)28-24-22-23(17-15-27-35(2)16-17)32-33-25(22)31-26(30-24)29-20-5-4-19(14-21(20)37-3)36-10-12-38-13-11-36/h4-5,14-16,18H,6-13H2,1-3H3,(H3,28,29,30,31,32,33). The van der Waals surface area contributed by atoms with Crippen molar-refractivity contribution in [1.29, 1.82) is 0 Å². The molecule has 3 aromatic heterocycles. The number of morpholine rings is 1. The fourth-order valence-corrected chi connectivity index (χ4v) is 5.11. The zero-order chi connectivity index (χ0) is 26.1. The molecule has 0 spiro atoms. The fraction of sp³-hybridized carbons (Fsp3) is 0.462. The quantitative estimate of drug-likeness (QED) is 0.337. The summed E-state index contributed by atoms with van der Waals surface area (Å²) in [6.07, 6.45) is 5.84. The first-order valence-corrected chi connectivity index (χ1v) is 13.1. The largest absolute Gasteiger partial charge is 0.494 e. The molecule has 0 atom stereocenters. The first kappa shape index (κ1) is 24.4. The monoisotopic (exact) mass is 518 g/mol. The number of aromatic nitrogens is 6. The van der Waals surface area contributed by atoms with Gasteiger partial charge in [-0.15, -0.1) is 0 Å². The number of benzene rings is 1. The lowest BCUT2D eigenvalue weighted by molar-refractivity contribution is 0.122. The van der Waals surface area contributed by atoms with E-state index in [2.05, 4.69) is 48.8 Å².